The summed E-state index contributed by atoms with van der Waals surface area (Å²) in [6.07, 6.45) is 5.70. The van der Waals surface area contributed by atoms with E-state index in [4.69, 9.17) is 24.0 Å². The molecule has 2 aromatic rings. The molecule has 11 heteroatoms. The summed E-state index contributed by atoms with van der Waals surface area (Å²) in [6, 6.07) is 7.54. The monoisotopic (exact) mass is 623 g/mol. The number of hydrogen-bond acceptors (Lipinski definition) is 9. The van der Waals surface area contributed by atoms with Crippen molar-refractivity contribution in [3.63, 3.8) is 0 Å². The van der Waals surface area contributed by atoms with Gasteiger partial charge in [-0.1, -0.05) is 17.7 Å². The molecule has 1 heterocycles. The van der Waals surface area contributed by atoms with E-state index in [0.717, 1.165) is 39.5 Å². The molecule has 0 fully saturated rings. The Balaban J connectivity index is 1.78. The number of carbonyl (C=O) groups excluding carboxylic acids is 2. The molecule has 11 nitrogen and oxygen atoms in total. The predicted molar refractivity (Wildman–Crippen MR) is 173 cm³/mol. The molecule has 0 spiro atoms. The number of nitrogens with one attached hydrogen (secondary N) is 1. The Morgan fingerprint density at radius 2 is 1.67 bits per heavy atom. The fraction of sp³-hybridized carbons (Fsp3) is 0.529. The largest absolute Gasteiger partial charge is 0.491 e. The minimum absolute atomic E-state index is 0.105. The van der Waals surface area contributed by atoms with Crippen molar-refractivity contribution < 1.29 is 28.5 Å². The lowest BCUT2D eigenvalue weighted by Crippen LogP contribution is -2.43. The summed E-state index contributed by atoms with van der Waals surface area (Å²) < 4.78 is 22.6. The van der Waals surface area contributed by atoms with Gasteiger partial charge in [-0.15, -0.1) is 0 Å². The van der Waals surface area contributed by atoms with Gasteiger partial charge in [0.05, 0.1) is 30.6 Å². The number of esters is 1. The molecule has 0 saturated heterocycles. The standard InChI is InChI=1S/C34H49N5O6/c1-23-17-26(19-24(2)30(18-23)44-34(7,8)32(41)45-33(4,5)6)20-38(22-31(40)35-9)21-29-25(3)36-39(37-29)27-11-13-28(14-12-27)43-16-15-42-10/h11-14,17-19,30H,15-16,20-22H2,1-10H3,(H,35,40). The lowest BCUT2D eigenvalue weighted by molar-refractivity contribution is -0.181. The Bertz CT molecular complexity index is 1420. The zero-order valence-corrected chi connectivity index (χ0v) is 28.4. The molecule has 45 heavy (non-hydrogen) atoms. The van der Waals surface area contributed by atoms with Crippen molar-refractivity contribution in [1.82, 2.24) is 25.2 Å². The fourth-order valence-electron chi connectivity index (χ4n) is 4.62. The maximum Gasteiger partial charge on any atom is 0.338 e. The van der Waals surface area contributed by atoms with Crippen LogP contribution in [0.5, 0.6) is 5.75 Å². The smallest absolute Gasteiger partial charge is 0.338 e. The molecule has 0 bridgehead atoms. The minimum atomic E-state index is -1.15. The van der Waals surface area contributed by atoms with Gasteiger partial charge in [0.15, 0.2) is 5.60 Å². The van der Waals surface area contributed by atoms with Gasteiger partial charge in [0.2, 0.25) is 5.91 Å². The highest BCUT2D eigenvalue weighted by Gasteiger charge is 2.36. The number of methoxy groups -OCH3 is 1. The van der Waals surface area contributed by atoms with Crippen molar-refractivity contribution in [3.8, 4) is 11.4 Å². The average Bonchev–Trinajstić information content (AvgIpc) is 3.25. The topological polar surface area (TPSA) is 117 Å². The quantitative estimate of drug-likeness (QED) is 0.240. The van der Waals surface area contributed by atoms with Crippen molar-refractivity contribution in [2.45, 2.75) is 79.2 Å². The van der Waals surface area contributed by atoms with Crippen LogP contribution in [0.1, 0.15) is 59.9 Å². The van der Waals surface area contributed by atoms with Gasteiger partial charge in [-0.3, -0.25) is 9.69 Å². The maximum atomic E-state index is 12.9. The highest BCUT2D eigenvalue weighted by Crippen LogP contribution is 2.27. The Morgan fingerprint density at radius 1 is 0.978 bits per heavy atom. The Hall–Kier alpha value is -3.80. The summed E-state index contributed by atoms with van der Waals surface area (Å²) in [5, 5.41) is 12.1. The van der Waals surface area contributed by atoms with Gasteiger partial charge < -0.3 is 24.3 Å². The van der Waals surface area contributed by atoms with Crippen LogP contribution in [0.2, 0.25) is 0 Å². The van der Waals surface area contributed by atoms with E-state index in [0.29, 0.717) is 26.3 Å². The van der Waals surface area contributed by atoms with Crippen LogP contribution in [0.15, 0.2) is 59.2 Å². The number of allylic oxidation sites excluding steroid dienone is 2. The molecule has 0 radical (unpaired) electrons. The molecule has 1 amide bonds. The van der Waals surface area contributed by atoms with Crippen molar-refractivity contribution in [3.05, 3.63) is 70.6 Å². The first-order valence-corrected chi connectivity index (χ1v) is 15.2. The Labute approximate surface area is 267 Å². The molecular formula is C34H49N5O6. The van der Waals surface area contributed by atoms with Crippen LogP contribution in [0.3, 0.4) is 0 Å². The van der Waals surface area contributed by atoms with E-state index >= 15 is 0 Å². The normalized spacial score (nSPS) is 15.6. The first-order chi connectivity index (χ1) is 21.1. The molecule has 0 aliphatic heterocycles. The molecule has 1 unspecified atom stereocenters. The van der Waals surface area contributed by atoms with Crippen molar-refractivity contribution >= 4 is 11.9 Å². The molecule has 3 rings (SSSR count). The van der Waals surface area contributed by atoms with E-state index in [1.807, 2.05) is 76.8 Å². The number of benzene rings is 1. The summed E-state index contributed by atoms with van der Waals surface area (Å²) in [5.41, 5.74) is 3.49. The number of rotatable bonds is 14. The molecular weight excluding hydrogens is 574 g/mol. The predicted octanol–water partition coefficient (Wildman–Crippen LogP) is 4.49. The van der Waals surface area contributed by atoms with E-state index in [9.17, 15) is 9.59 Å². The SMILES string of the molecule is CNC(=O)CN(CC1=CC(C)=CC(OC(C)(C)C(=O)OC(C)(C)C)C(C)=C1)Cc1nn(-c2ccc(OCCOC)cc2)nc1C. The van der Waals surface area contributed by atoms with Crippen LogP contribution >= 0.6 is 0 Å². The van der Waals surface area contributed by atoms with E-state index in [2.05, 4.69) is 22.6 Å². The van der Waals surface area contributed by atoms with E-state index in [-0.39, 0.29) is 12.5 Å². The van der Waals surface area contributed by atoms with Crippen LogP contribution in [0.25, 0.3) is 5.69 Å². The van der Waals surface area contributed by atoms with E-state index in [1.54, 1.807) is 32.8 Å². The Morgan fingerprint density at radius 3 is 2.29 bits per heavy atom. The number of carbonyl (C=O) groups is 2. The second-order valence-corrected chi connectivity index (χ2v) is 12.7. The highest BCUT2D eigenvalue weighted by atomic mass is 16.6. The van der Waals surface area contributed by atoms with Crippen molar-refractivity contribution in [1.29, 1.82) is 0 Å². The summed E-state index contributed by atoms with van der Waals surface area (Å²) in [7, 11) is 3.26. The van der Waals surface area contributed by atoms with Gasteiger partial charge in [0.1, 0.15) is 23.7 Å². The number of hydrogen-bond donors (Lipinski definition) is 1. The second-order valence-electron chi connectivity index (χ2n) is 12.7. The van der Waals surface area contributed by atoms with E-state index < -0.39 is 23.3 Å². The van der Waals surface area contributed by atoms with E-state index in [1.165, 1.54) is 0 Å². The van der Waals surface area contributed by atoms with Crippen LogP contribution in [-0.2, 0) is 30.3 Å². The number of aromatic nitrogens is 3. The zero-order valence-electron chi connectivity index (χ0n) is 28.4. The van der Waals surface area contributed by atoms with Gasteiger partial charge in [0.25, 0.3) is 0 Å². The number of aryl methyl sites for hydroxylation is 1. The van der Waals surface area contributed by atoms with Crippen LogP contribution in [-0.4, -0.2) is 89.5 Å². The first kappa shape index (κ1) is 35.7. The Kier molecular flexibility index (Phi) is 12.3. The van der Waals surface area contributed by atoms with Crippen molar-refractivity contribution in [2.24, 2.45) is 0 Å². The number of likely N-dealkylation sites (N-methyl/N-ethyl adjacent to an activating group) is 1. The third-order valence-electron chi connectivity index (χ3n) is 6.93. The van der Waals surface area contributed by atoms with Crippen LogP contribution in [0.4, 0.5) is 0 Å². The third kappa shape index (κ3) is 10.9. The molecule has 1 aromatic carbocycles. The third-order valence-corrected chi connectivity index (χ3v) is 6.93. The van der Waals surface area contributed by atoms with Gasteiger partial charge in [-0.2, -0.15) is 15.0 Å². The molecule has 1 N–H and O–H groups in total. The molecule has 246 valence electrons. The molecule has 0 saturated carbocycles. The maximum absolute atomic E-state index is 12.9. The van der Waals surface area contributed by atoms with Crippen molar-refractivity contribution in [2.75, 3.05) is 40.5 Å². The van der Waals surface area contributed by atoms with Gasteiger partial charge in [0, 0.05) is 27.2 Å². The van der Waals surface area contributed by atoms with Gasteiger partial charge in [-0.05, 0) is 96.9 Å². The summed E-state index contributed by atoms with van der Waals surface area (Å²) in [4.78, 5) is 29.0. The first-order valence-electron chi connectivity index (χ1n) is 15.2. The van der Waals surface area contributed by atoms with Gasteiger partial charge in [-0.25, -0.2) is 4.79 Å². The lowest BCUT2D eigenvalue weighted by atomic mass is 10.1. The molecule has 1 aromatic heterocycles. The number of nitrogens with zero attached hydrogens (tertiary/aromatic N) is 4. The zero-order chi connectivity index (χ0) is 33.4. The van der Waals surface area contributed by atoms with Crippen LogP contribution < -0.4 is 10.1 Å². The average molecular weight is 624 g/mol. The lowest BCUT2D eigenvalue weighted by Gasteiger charge is -2.31. The summed E-state index contributed by atoms with van der Waals surface area (Å²) >= 11 is 0. The molecule has 1 aliphatic carbocycles. The summed E-state index contributed by atoms with van der Waals surface area (Å²) in [6.45, 7) is 16.9. The molecule has 1 atom stereocenters. The van der Waals surface area contributed by atoms with Gasteiger partial charge >= 0.3 is 5.97 Å². The molecule has 1 aliphatic rings. The summed E-state index contributed by atoms with van der Waals surface area (Å²) in [5.74, 6) is 0.214. The van der Waals surface area contributed by atoms with Crippen LogP contribution in [0, 0.1) is 6.92 Å². The number of ether oxygens (including phenoxy) is 4. The number of amides is 1. The highest BCUT2D eigenvalue weighted by molar-refractivity contribution is 5.79. The minimum Gasteiger partial charge on any atom is -0.491 e. The second kappa shape index (κ2) is 15.5. The fourth-order valence-corrected chi connectivity index (χ4v) is 4.62.